The molecule has 2 heteroatoms. The topological polar surface area (TPSA) is 40.9 Å². The van der Waals surface area contributed by atoms with Crippen LogP contribution in [0, 0.1) is 16.7 Å². The van der Waals surface area contributed by atoms with Gasteiger partial charge in [-0.2, -0.15) is 5.26 Å². The maximum absolute atomic E-state index is 10.8. The van der Waals surface area contributed by atoms with Crippen molar-refractivity contribution in [3.63, 3.8) is 0 Å². The summed E-state index contributed by atoms with van der Waals surface area (Å²) in [5, 5.41) is 8.90. The standard InChI is InChI=1S/C10H11NO/c1-2-5-10(8-11)6-3-9(12)4-7-10/h2-3,6H,1,4-5,7H2/t10-/m1/s1. The summed E-state index contributed by atoms with van der Waals surface area (Å²) in [5.41, 5.74) is -0.463. The maximum Gasteiger partial charge on any atom is 0.155 e. The van der Waals surface area contributed by atoms with Gasteiger partial charge in [-0.1, -0.05) is 12.2 Å². The monoisotopic (exact) mass is 161 g/mol. The van der Waals surface area contributed by atoms with Gasteiger partial charge in [-0.3, -0.25) is 4.79 Å². The fraction of sp³-hybridized carbons (Fsp3) is 0.400. The van der Waals surface area contributed by atoms with Crippen molar-refractivity contribution < 1.29 is 4.79 Å². The highest BCUT2D eigenvalue weighted by Gasteiger charge is 2.28. The first kappa shape index (κ1) is 8.73. The number of nitrogens with zero attached hydrogens (tertiary/aromatic N) is 1. The Morgan fingerprint density at radius 1 is 1.83 bits per heavy atom. The molecule has 0 aromatic carbocycles. The van der Waals surface area contributed by atoms with Crippen molar-refractivity contribution in [2.24, 2.45) is 5.41 Å². The molecule has 0 aliphatic heterocycles. The molecule has 0 heterocycles. The van der Waals surface area contributed by atoms with Crippen LogP contribution < -0.4 is 0 Å². The number of carbonyl (C=O) groups excluding carboxylic acids is 1. The number of rotatable bonds is 2. The Balaban J connectivity index is 2.83. The molecule has 1 aliphatic rings. The summed E-state index contributed by atoms with van der Waals surface area (Å²) in [7, 11) is 0. The zero-order valence-electron chi connectivity index (χ0n) is 6.92. The maximum atomic E-state index is 10.8. The third-order valence-corrected chi connectivity index (χ3v) is 2.14. The smallest absolute Gasteiger partial charge is 0.155 e. The van der Waals surface area contributed by atoms with Crippen LogP contribution in [0.5, 0.6) is 0 Å². The second kappa shape index (κ2) is 3.36. The van der Waals surface area contributed by atoms with E-state index in [-0.39, 0.29) is 5.78 Å². The minimum atomic E-state index is -0.463. The highest BCUT2D eigenvalue weighted by molar-refractivity contribution is 5.90. The van der Waals surface area contributed by atoms with E-state index in [1.165, 1.54) is 6.08 Å². The number of allylic oxidation sites excluding steroid dienone is 3. The van der Waals surface area contributed by atoms with Crippen molar-refractivity contribution in [3.8, 4) is 6.07 Å². The minimum absolute atomic E-state index is 0.116. The summed E-state index contributed by atoms with van der Waals surface area (Å²) in [5.74, 6) is 0.116. The van der Waals surface area contributed by atoms with Gasteiger partial charge in [0, 0.05) is 6.42 Å². The first-order chi connectivity index (χ1) is 5.72. The van der Waals surface area contributed by atoms with E-state index >= 15 is 0 Å². The largest absolute Gasteiger partial charge is 0.295 e. The summed E-state index contributed by atoms with van der Waals surface area (Å²) in [6.45, 7) is 3.60. The molecule has 0 bridgehead atoms. The molecule has 0 saturated carbocycles. The van der Waals surface area contributed by atoms with E-state index in [4.69, 9.17) is 5.26 Å². The number of carbonyl (C=O) groups is 1. The Hall–Kier alpha value is -1.36. The number of nitriles is 1. The summed E-state index contributed by atoms with van der Waals surface area (Å²) in [6, 6.07) is 2.23. The van der Waals surface area contributed by atoms with Gasteiger partial charge in [0.05, 0.1) is 11.5 Å². The van der Waals surface area contributed by atoms with E-state index in [2.05, 4.69) is 12.6 Å². The highest BCUT2D eigenvalue weighted by atomic mass is 16.1. The first-order valence-electron chi connectivity index (χ1n) is 3.97. The molecule has 12 heavy (non-hydrogen) atoms. The van der Waals surface area contributed by atoms with Gasteiger partial charge in [0.1, 0.15) is 0 Å². The van der Waals surface area contributed by atoms with Crippen molar-refractivity contribution >= 4 is 5.78 Å². The molecule has 0 radical (unpaired) electrons. The predicted octanol–water partition coefficient (Wildman–Crippen LogP) is 1.99. The molecule has 0 spiro atoms. The predicted molar refractivity (Wildman–Crippen MR) is 46.2 cm³/mol. The second-order valence-corrected chi connectivity index (χ2v) is 3.06. The summed E-state index contributed by atoms with van der Waals surface area (Å²) in [4.78, 5) is 10.8. The van der Waals surface area contributed by atoms with Crippen LogP contribution in [0.3, 0.4) is 0 Å². The van der Waals surface area contributed by atoms with Crippen molar-refractivity contribution in [2.75, 3.05) is 0 Å². The molecule has 0 amide bonds. The number of hydrogen-bond donors (Lipinski definition) is 0. The Labute approximate surface area is 72.2 Å². The van der Waals surface area contributed by atoms with Gasteiger partial charge in [-0.15, -0.1) is 6.58 Å². The molecule has 0 aromatic rings. The van der Waals surface area contributed by atoms with E-state index in [1.807, 2.05) is 0 Å². The zero-order valence-corrected chi connectivity index (χ0v) is 6.92. The van der Waals surface area contributed by atoms with E-state index in [9.17, 15) is 4.79 Å². The van der Waals surface area contributed by atoms with E-state index < -0.39 is 5.41 Å². The molecule has 0 saturated heterocycles. The summed E-state index contributed by atoms with van der Waals surface area (Å²) >= 11 is 0. The van der Waals surface area contributed by atoms with Gasteiger partial charge in [0.2, 0.25) is 0 Å². The lowest BCUT2D eigenvalue weighted by molar-refractivity contribution is -0.115. The first-order valence-corrected chi connectivity index (χ1v) is 3.97. The van der Waals surface area contributed by atoms with Gasteiger partial charge < -0.3 is 0 Å². The molecule has 0 aromatic heterocycles. The van der Waals surface area contributed by atoms with E-state index in [1.54, 1.807) is 12.2 Å². The van der Waals surface area contributed by atoms with Gasteiger partial charge in [-0.05, 0) is 18.9 Å². The Morgan fingerprint density at radius 3 is 3.00 bits per heavy atom. The van der Waals surface area contributed by atoms with E-state index in [0.29, 0.717) is 19.3 Å². The van der Waals surface area contributed by atoms with Gasteiger partial charge in [0.15, 0.2) is 5.78 Å². The fourth-order valence-corrected chi connectivity index (χ4v) is 1.33. The Morgan fingerprint density at radius 2 is 2.58 bits per heavy atom. The molecular weight excluding hydrogens is 150 g/mol. The Kier molecular flexibility index (Phi) is 2.44. The molecule has 1 aliphatic carbocycles. The fourth-order valence-electron chi connectivity index (χ4n) is 1.33. The molecule has 1 rings (SSSR count). The average molecular weight is 161 g/mol. The molecule has 0 fully saturated rings. The third kappa shape index (κ3) is 1.62. The molecular formula is C10H11NO. The molecule has 62 valence electrons. The van der Waals surface area contributed by atoms with Crippen LogP contribution >= 0.6 is 0 Å². The van der Waals surface area contributed by atoms with Crippen LogP contribution in [0.15, 0.2) is 24.8 Å². The quantitative estimate of drug-likeness (QED) is 0.581. The van der Waals surface area contributed by atoms with Crippen LogP contribution in [0.2, 0.25) is 0 Å². The number of hydrogen-bond acceptors (Lipinski definition) is 2. The lowest BCUT2D eigenvalue weighted by Gasteiger charge is -2.23. The van der Waals surface area contributed by atoms with Gasteiger partial charge in [0.25, 0.3) is 0 Å². The highest BCUT2D eigenvalue weighted by Crippen LogP contribution is 2.32. The van der Waals surface area contributed by atoms with Crippen molar-refractivity contribution in [2.45, 2.75) is 19.3 Å². The summed E-state index contributed by atoms with van der Waals surface area (Å²) < 4.78 is 0. The number of ketones is 1. The average Bonchev–Trinajstić information content (AvgIpc) is 2.10. The normalized spacial score (nSPS) is 28.1. The summed E-state index contributed by atoms with van der Waals surface area (Å²) in [6.07, 6.45) is 6.69. The van der Waals surface area contributed by atoms with Crippen LogP contribution in [0.25, 0.3) is 0 Å². The molecule has 0 unspecified atom stereocenters. The second-order valence-electron chi connectivity index (χ2n) is 3.06. The Bertz CT molecular complexity index is 272. The lowest BCUT2D eigenvalue weighted by atomic mass is 9.77. The van der Waals surface area contributed by atoms with Gasteiger partial charge in [-0.25, -0.2) is 0 Å². The van der Waals surface area contributed by atoms with E-state index in [0.717, 1.165) is 0 Å². The molecule has 1 atom stereocenters. The van der Waals surface area contributed by atoms with Crippen molar-refractivity contribution in [3.05, 3.63) is 24.8 Å². The third-order valence-electron chi connectivity index (χ3n) is 2.14. The molecule has 0 N–H and O–H groups in total. The van der Waals surface area contributed by atoms with Crippen LogP contribution in [0.1, 0.15) is 19.3 Å². The van der Waals surface area contributed by atoms with Crippen molar-refractivity contribution in [1.29, 1.82) is 5.26 Å². The minimum Gasteiger partial charge on any atom is -0.295 e. The SMILES string of the molecule is C=CC[C@@]1(C#N)C=CC(=O)CC1. The van der Waals surface area contributed by atoms with Crippen LogP contribution in [-0.4, -0.2) is 5.78 Å². The van der Waals surface area contributed by atoms with Crippen LogP contribution in [-0.2, 0) is 4.79 Å². The zero-order chi connectivity index (χ0) is 9.03. The van der Waals surface area contributed by atoms with Crippen LogP contribution in [0.4, 0.5) is 0 Å². The molecule has 2 nitrogen and oxygen atoms in total. The van der Waals surface area contributed by atoms with Gasteiger partial charge >= 0.3 is 0 Å². The lowest BCUT2D eigenvalue weighted by Crippen LogP contribution is -2.20. The van der Waals surface area contributed by atoms with Crippen molar-refractivity contribution in [1.82, 2.24) is 0 Å².